The van der Waals surface area contributed by atoms with E-state index in [9.17, 15) is 19.5 Å². The predicted molar refractivity (Wildman–Crippen MR) is 123 cm³/mol. The van der Waals surface area contributed by atoms with Gasteiger partial charge in [0.2, 0.25) is 11.7 Å². The summed E-state index contributed by atoms with van der Waals surface area (Å²) in [4.78, 5) is 40.4. The average Bonchev–Trinajstić information content (AvgIpc) is 3.33. The van der Waals surface area contributed by atoms with Gasteiger partial charge in [-0.25, -0.2) is 9.78 Å². The average molecular weight is 466 g/mol. The number of carboxylic acids is 1. The summed E-state index contributed by atoms with van der Waals surface area (Å²) in [5.41, 5.74) is 2.29. The van der Waals surface area contributed by atoms with Gasteiger partial charge in [0.15, 0.2) is 0 Å². The summed E-state index contributed by atoms with van der Waals surface area (Å²) >= 11 is 0. The summed E-state index contributed by atoms with van der Waals surface area (Å²) in [6.45, 7) is 5.41. The minimum Gasteiger partial charge on any atom is -0.480 e. The highest BCUT2D eigenvalue weighted by Gasteiger charge is 2.29. The number of hydrogen-bond donors (Lipinski definition) is 4. The van der Waals surface area contributed by atoms with E-state index in [0.29, 0.717) is 22.9 Å². The molecule has 4 N–H and O–H groups in total. The topological polar surface area (TPSA) is 150 Å². The Bertz CT molecular complexity index is 1210. The van der Waals surface area contributed by atoms with E-state index in [1.807, 2.05) is 13.0 Å². The molecule has 0 bridgehead atoms. The Kier molecular flexibility index (Phi) is 6.49. The molecule has 1 saturated carbocycles. The molecule has 0 saturated heterocycles. The highest BCUT2D eigenvalue weighted by Crippen LogP contribution is 2.32. The maximum atomic E-state index is 12.5. The molecule has 2 aromatic heterocycles. The zero-order chi connectivity index (χ0) is 24.4. The molecule has 4 rings (SSSR count). The number of carbonyl (C=O) groups is 3. The lowest BCUT2D eigenvalue weighted by Gasteiger charge is -2.16. The van der Waals surface area contributed by atoms with Crippen LogP contribution in [0.1, 0.15) is 54.7 Å². The summed E-state index contributed by atoms with van der Waals surface area (Å²) in [7, 11) is 0. The van der Waals surface area contributed by atoms with Crippen molar-refractivity contribution < 1.29 is 23.9 Å². The third-order valence-electron chi connectivity index (χ3n) is 5.86. The zero-order valence-corrected chi connectivity index (χ0v) is 19.2. The quantitative estimate of drug-likeness (QED) is 0.379. The number of benzene rings is 1. The maximum absolute atomic E-state index is 12.5. The Hall–Kier alpha value is -3.95. The van der Waals surface area contributed by atoms with Gasteiger partial charge in [-0.3, -0.25) is 14.7 Å². The van der Waals surface area contributed by atoms with Gasteiger partial charge < -0.3 is 20.2 Å². The summed E-state index contributed by atoms with van der Waals surface area (Å²) in [5, 5.41) is 21.7. The molecule has 3 aromatic rings. The number of aliphatic carboxylic acids is 1. The number of nitrogens with zero attached hydrogens (tertiary/aromatic N) is 2. The van der Waals surface area contributed by atoms with Crippen molar-refractivity contribution in [2.75, 3.05) is 0 Å². The minimum atomic E-state index is -1.12. The number of amides is 2. The van der Waals surface area contributed by atoms with Crippen LogP contribution in [0.15, 0.2) is 40.9 Å². The summed E-state index contributed by atoms with van der Waals surface area (Å²) in [5.74, 6) is -1.59. The van der Waals surface area contributed by atoms with E-state index in [-0.39, 0.29) is 29.5 Å². The van der Waals surface area contributed by atoms with E-state index in [0.717, 1.165) is 18.4 Å². The lowest BCUT2D eigenvalue weighted by Crippen LogP contribution is -2.44. The molecule has 1 aliphatic rings. The monoisotopic (exact) mass is 465 g/mol. The molecular formula is C24H27N5O5. The zero-order valence-electron chi connectivity index (χ0n) is 19.2. The van der Waals surface area contributed by atoms with E-state index in [1.54, 1.807) is 38.1 Å². The number of nitrogens with one attached hydrogen (secondary N) is 3. The Morgan fingerprint density at radius 2 is 1.82 bits per heavy atom. The van der Waals surface area contributed by atoms with E-state index >= 15 is 0 Å². The van der Waals surface area contributed by atoms with E-state index < -0.39 is 17.9 Å². The van der Waals surface area contributed by atoms with E-state index in [4.69, 9.17) is 4.42 Å². The first-order valence-electron chi connectivity index (χ1n) is 11.2. The second kappa shape index (κ2) is 9.50. The van der Waals surface area contributed by atoms with Crippen LogP contribution in [-0.4, -0.2) is 50.2 Å². The largest absolute Gasteiger partial charge is 0.480 e. The van der Waals surface area contributed by atoms with Crippen molar-refractivity contribution in [3.05, 3.63) is 48.0 Å². The van der Waals surface area contributed by atoms with Gasteiger partial charge in [-0.05, 0) is 49.8 Å². The fraction of sp³-hybridized carbons (Fsp3) is 0.375. The van der Waals surface area contributed by atoms with Gasteiger partial charge >= 0.3 is 5.97 Å². The molecule has 0 radical (unpaired) electrons. The van der Waals surface area contributed by atoms with E-state index in [1.165, 1.54) is 6.20 Å². The lowest BCUT2D eigenvalue weighted by molar-refractivity contribution is -0.140. The van der Waals surface area contributed by atoms with Crippen molar-refractivity contribution in [1.82, 2.24) is 25.8 Å². The SMILES string of the molecule is CC(C)C(NC(=O)c1cnc(-c2cccc(-c3cc(C(=O)N[C@@H](C)C4CC4)[nH]n3)c2)o1)C(=O)O. The van der Waals surface area contributed by atoms with Crippen LogP contribution in [0.3, 0.4) is 0 Å². The Labute approximate surface area is 196 Å². The summed E-state index contributed by atoms with van der Waals surface area (Å²) in [6.07, 6.45) is 3.55. The van der Waals surface area contributed by atoms with Crippen LogP contribution in [0.4, 0.5) is 0 Å². The van der Waals surface area contributed by atoms with Gasteiger partial charge in [-0.1, -0.05) is 26.0 Å². The number of carboxylic acid groups (broad SMARTS) is 1. The molecule has 0 aliphatic heterocycles. The van der Waals surface area contributed by atoms with E-state index in [2.05, 4.69) is 25.8 Å². The number of hydrogen-bond acceptors (Lipinski definition) is 6. The molecule has 10 heteroatoms. The first kappa shape index (κ1) is 23.2. The lowest BCUT2D eigenvalue weighted by atomic mass is 10.0. The molecule has 178 valence electrons. The summed E-state index contributed by atoms with van der Waals surface area (Å²) < 4.78 is 5.59. The predicted octanol–water partition coefficient (Wildman–Crippen LogP) is 3.10. The van der Waals surface area contributed by atoms with Crippen LogP contribution in [0.5, 0.6) is 0 Å². The fourth-order valence-corrected chi connectivity index (χ4v) is 3.63. The molecule has 34 heavy (non-hydrogen) atoms. The Balaban J connectivity index is 1.48. The van der Waals surface area contributed by atoms with Gasteiger partial charge in [-0.2, -0.15) is 5.10 Å². The molecule has 0 spiro atoms. The molecule has 10 nitrogen and oxygen atoms in total. The second-order valence-electron chi connectivity index (χ2n) is 8.91. The minimum absolute atomic E-state index is 0.0872. The van der Waals surface area contributed by atoms with Crippen LogP contribution in [0.25, 0.3) is 22.7 Å². The van der Waals surface area contributed by atoms with Crippen molar-refractivity contribution in [3.63, 3.8) is 0 Å². The van der Waals surface area contributed by atoms with Crippen molar-refractivity contribution in [2.45, 2.75) is 45.7 Å². The van der Waals surface area contributed by atoms with Gasteiger partial charge in [-0.15, -0.1) is 0 Å². The van der Waals surface area contributed by atoms with Gasteiger partial charge in [0.05, 0.1) is 11.9 Å². The van der Waals surface area contributed by atoms with Gasteiger partial charge in [0.25, 0.3) is 11.8 Å². The third kappa shape index (κ3) is 5.16. The maximum Gasteiger partial charge on any atom is 0.326 e. The van der Waals surface area contributed by atoms with Crippen LogP contribution in [0.2, 0.25) is 0 Å². The number of aromatic nitrogens is 3. The highest BCUT2D eigenvalue weighted by molar-refractivity contribution is 5.95. The molecule has 2 atom stereocenters. The normalized spacial score (nSPS) is 15.1. The fourth-order valence-electron chi connectivity index (χ4n) is 3.63. The van der Waals surface area contributed by atoms with Gasteiger partial charge in [0.1, 0.15) is 11.7 Å². The molecule has 2 heterocycles. The molecule has 1 fully saturated rings. The third-order valence-corrected chi connectivity index (χ3v) is 5.86. The molecule has 1 unspecified atom stereocenters. The Morgan fingerprint density at radius 1 is 1.09 bits per heavy atom. The molecule has 1 aromatic carbocycles. The Morgan fingerprint density at radius 3 is 2.50 bits per heavy atom. The second-order valence-corrected chi connectivity index (χ2v) is 8.91. The summed E-state index contributed by atoms with van der Waals surface area (Å²) in [6, 6.07) is 7.95. The number of rotatable bonds is 9. The van der Waals surface area contributed by atoms with Crippen molar-refractivity contribution in [3.8, 4) is 22.7 Å². The molecule has 2 amide bonds. The first-order valence-corrected chi connectivity index (χ1v) is 11.2. The molecule has 1 aliphatic carbocycles. The number of carbonyl (C=O) groups excluding carboxylic acids is 2. The standard InChI is InChI=1S/C24H27N5O5/c1-12(2)20(24(32)33)27-22(31)19-11-25-23(34-19)16-6-4-5-15(9-16)17-10-18(29-28-17)21(30)26-13(3)14-7-8-14/h4-6,9-14,20H,7-8H2,1-3H3,(H,26,30)(H,27,31)(H,28,29)(H,32,33)/t13-,20?/m0/s1. The number of H-pyrrole nitrogens is 1. The van der Waals surface area contributed by atoms with Crippen molar-refractivity contribution >= 4 is 17.8 Å². The molecular weight excluding hydrogens is 438 g/mol. The van der Waals surface area contributed by atoms with Crippen LogP contribution in [0, 0.1) is 11.8 Å². The van der Waals surface area contributed by atoms with Crippen molar-refractivity contribution in [2.24, 2.45) is 11.8 Å². The number of aromatic amines is 1. The van der Waals surface area contributed by atoms with Crippen LogP contribution >= 0.6 is 0 Å². The van der Waals surface area contributed by atoms with Crippen LogP contribution < -0.4 is 10.6 Å². The van der Waals surface area contributed by atoms with Crippen molar-refractivity contribution in [1.29, 1.82) is 0 Å². The highest BCUT2D eigenvalue weighted by atomic mass is 16.4. The van der Waals surface area contributed by atoms with Crippen LogP contribution in [-0.2, 0) is 4.79 Å². The number of oxazole rings is 1. The smallest absolute Gasteiger partial charge is 0.326 e. The van der Waals surface area contributed by atoms with Gasteiger partial charge in [0, 0.05) is 17.2 Å². The first-order chi connectivity index (χ1) is 16.2.